The maximum atomic E-state index is 12.8. The molecule has 0 heterocycles. The number of hydrogen-bond acceptors (Lipinski definition) is 2. The van der Waals surface area contributed by atoms with Crippen LogP contribution in [0.3, 0.4) is 0 Å². The summed E-state index contributed by atoms with van der Waals surface area (Å²) in [5, 5.41) is 0. The van der Waals surface area contributed by atoms with Crippen LogP contribution in [0, 0.1) is 23.7 Å². The van der Waals surface area contributed by atoms with Crippen LogP contribution in [0.5, 0.6) is 0 Å². The lowest BCUT2D eigenvalue weighted by Gasteiger charge is -2.36. The van der Waals surface area contributed by atoms with Crippen LogP contribution in [0.15, 0.2) is 66.2 Å². The van der Waals surface area contributed by atoms with Crippen LogP contribution in [0.4, 0.5) is 0 Å². The normalized spacial score (nSPS) is 22.9. The lowest BCUT2D eigenvalue weighted by molar-refractivity contribution is -0.151. The monoisotopic (exact) mass is 418 g/mol. The number of carbonyl (C=O) groups is 1. The van der Waals surface area contributed by atoms with Crippen LogP contribution in [0.25, 0.3) is 11.1 Å². The minimum atomic E-state index is -0.143. The van der Waals surface area contributed by atoms with Gasteiger partial charge in [-0.15, -0.1) is 0 Å². The van der Waals surface area contributed by atoms with Crippen LogP contribution in [-0.4, -0.2) is 12.1 Å². The molecule has 1 fully saturated rings. The third-order valence-electron chi connectivity index (χ3n) is 6.69. The summed E-state index contributed by atoms with van der Waals surface area (Å²) in [5.41, 5.74) is 4.48. The van der Waals surface area contributed by atoms with E-state index in [0.717, 1.165) is 24.8 Å². The highest BCUT2D eigenvalue weighted by Crippen LogP contribution is 2.35. The highest BCUT2D eigenvalue weighted by atomic mass is 16.5. The fraction of sp³-hybridized carbons (Fsp3) is 0.483. The molecule has 0 aliphatic heterocycles. The van der Waals surface area contributed by atoms with Crippen LogP contribution in [0.2, 0.25) is 0 Å². The molecule has 1 aliphatic rings. The molecule has 0 saturated heterocycles. The third kappa shape index (κ3) is 6.56. The van der Waals surface area contributed by atoms with Crippen molar-refractivity contribution < 1.29 is 9.53 Å². The number of esters is 1. The van der Waals surface area contributed by atoms with Crippen molar-refractivity contribution >= 4 is 5.97 Å². The first kappa shape index (κ1) is 23.3. The summed E-state index contributed by atoms with van der Waals surface area (Å²) in [7, 11) is 0. The van der Waals surface area contributed by atoms with Gasteiger partial charge in [-0.1, -0.05) is 94.8 Å². The molecule has 0 spiro atoms. The van der Waals surface area contributed by atoms with Gasteiger partial charge in [-0.05, 0) is 66.5 Å². The van der Waals surface area contributed by atoms with Crippen molar-refractivity contribution in [3.05, 3.63) is 71.8 Å². The van der Waals surface area contributed by atoms with Crippen molar-refractivity contribution in [2.45, 2.75) is 66.4 Å². The fourth-order valence-corrected chi connectivity index (χ4v) is 4.87. The lowest BCUT2D eigenvalue weighted by atomic mass is 9.75. The van der Waals surface area contributed by atoms with E-state index in [-0.39, 0.29) is 18.0 Å². The average molecular weight is 419 g/mol. The molecule has 2 aromatic carbocycles. The van der Waals surface area contributed by atoms with Gasteiger partial charge in [-0.3, -0.25) is 0 Å². The van der Waals surface area contributed by atoms with Crippen LogP contribution < -0.4 is 0 Å². The third-order valence-corrected chi connectivity index (χ3v) is 6.69. The second-order valence-electron chi connectivity index (χ2n) is 9.86. The summed E-state index contributed by atoms with van der Waals surface area (Å²) in [6.45, 7) is 10.8. The minimum Gasteiger partial charge on any atom is -0.459 e. The van der Waals surface area contributed by atoms with Gasteiger partial charge in [0.25, 0.3) is 0 Å². The summed E-state index contributed by atoms with van der Waals surface area (Å²) < 4.78 is 6.01. The molecule has 0 amide bonds. The van der Waals surface area contributed by atoms with E-state index < -0.39 is 0 Å². The average Bonchev–Trinajstić information content (AvgIpc) is 2.74. The summed E-state index contributed by atoms with van der Waals surface area (Å²) in [6, 6.07) is 19.2. The van der Waals surface area contributed by atoms with Crippen molar-refractivity contribution in [3.63, 3.8) is 0 Å². The van der Waals surface area contributed by atoms with E-state index in [4.69, 9.17) is 4.74 Å². The predicted octanol–water partition coefficient (Wildman–Crippen LogP) is 7.48. The van der Waals surface area contributed by atoms with Gasteiger partial charge in [-0.25, -0.2) is 4.79 Å². The first-order valence-electron chi connectivity index (χ1n) is 11.9. The molecule has 1 aliphatic carbocycles. The molecular formula is C29H38O2. The first-order chi connectivity index (χ1) is 14.8. The highest BCUT2D eigenvalue weighted by Gasteiger charge is 2.33. The van der Waals surface area contributed by atoms with Gasteiger partial charge in [0.2, 0.25) is 0 Å². The second kappa shape index (κ2) is 10.8. The summed E-state index contributed by atoms with van der Waals surface area (Å²) >= 11 is 0. The molecule has 0 unspecified atom stereocenters. The van der Waals surface area contributed by atoms with E-state index in [1.54, 1.807) is 0 Å². The number of rotatable bonds is 7. The zero-order valence-corrected chi connectivity index (χ0v) is 19.8. The second-order valence-corrected chi connectivity index (χ2v) is 9.86. The molecule has 3 rings (SSSR count). The van der Waals surface area contributed by atoms with Crippen molar-refractivity contribution in [1.82, 2.24) is 0 Å². The summed E-state index contributed by atoms with van der Waals surface area (Å²) in [5.74, 6) is 1.80. The molecule has 0 N–H and O–H groups in total. The van der Waals surface area contributed by atoms with E-state index in [0.29, 0.717) is 17.8 Å². The van der Waals surface area contributed by atoms with Gasteiger partial charge in [0.15, 0.2) is 0 Å². The molecule has 4 atom stereocenters. The van der Waals surface area contributed by atoms with Crippen molar-refractivity contribution in [3.8, 4) is 11.1 Å². The van der Waals surface area contributed by atoms with Crippen LogP contribution >= 0.6 is 0 Å². The molecule has 2 aromatic rings. The Kier molecular flexibility index (Phi) is 8.12. The molecule has 31 heavy (non-hydrogen) atoms. The fourth-order valence-electron chi connectivity index (χ4n) is 4.87. The van der Waals surface area contributed by atoms with Crippen LogP contribution in [0.1, 0.15) is 59.4 Å². The molecular weight excluding hydrogens is 380 g/mol. The standard InChI is InChI=1S/C29H38O2/c1-20(2)27-16-11-21(3)19-28(27)31-29(30)23(5)17-22(4)18-24-12-14-26(15-13-24)25-9-7-6-8-10-25/h6-10,12-15,17,20-22,27-28H,11,16,18-19H2,1-5H3/b23-17+/t21-,22-,27+,28-/m1/s1. The van der Waals surface area contributed by atoms with Gasteiger partial charge in [0, 0.05) is 5.57 Å². The number of carbonyl (C=O) groups excluding carboxylic acids is 1. The number of benzene rings is 2. The molecule has 1 saturated carbocycles. The summed E-state index contributed by atoms with van der Waals surface area (Å²) in [6.07, 6.45) is 6.44. The zero-order valence-electron chi connectivity index (χ0n) is 19.8. The molecule has 0 aromatic heterocycles. The molecule has 0 radical (unpaired) electrons. The molecule has 2 heteroatoms. The Morgan fingerprint density at radius 2 is 1.65 bits per heavy atom. The van der Waals surface area contributed by atoms with Gasteiger partial charge in [0.05, 0.1) is 0 Å². The zero-order chi connectivity index (χ0) is 22.4. The van der Waals surface area contributed by atoms with Crippen molar-refractivity contribution in [2.24, 2.45) is 23.7 Å². The van der Waals surface area contributed by atoms with Gasteiger partial charge in [0.1, 0.15) is 6.10 Å². The van der Waals surface area contributed by atoms with E-state index in [2.05, 4.69) is 82.3 Å². The van der Waals surface area contributed by atoms with Gasteiger partial charge in [-0.2, -0.15) is 0 Å². The van der Waals surface area contributed by atoms with Crippen LogP contribution in [-0.2, 0) is 16.0 Å². The Labute approximate surface area is 188 Å². The number of ether oxygens (including phenoxy) is 1. The Morgan fingerprint density at radius 3 is 2.29 bits per heavy atom. The Bertz CT molecular complexity index is 863. The highest BCUT2D eigenvalue weighted by molar-refractivity contribution is 5.87. The Hall–Kier alpha value is -2.35. The smallest absolute Gasteiger partial charge is 0.333 e. The first-order valence-corrected chi connectivity index (χ1v) is 11.9. The molecule has 166 valence electrons. The van der Waals surface area contributed by atoms with E-state index in [1.165, 1.54) is 23.1 Å². The van der Waals surface area contributed by atoms with Crippen molar-refractivity contribution in [1.29, 1.82) is 0 Å². The van der Waals surface area contributed by atoms with Gasteiger partial charge >= 0.3 is 5.97 Å². The lowest BCUT2D eigenvalue weighted by Crippen LogP contribution is -2.36. The van der Waals surface area contributed by atoms with E-state index >= 15 is 0 Å². The molecule has 0 bridgehead atoms. The summed E-state index contributed by atoms with van der Waals surface area (Å²) in [4.78, 5) is 12.8. The minimum absolute atomic E-state index is 0.0560. The maximum absolute atomic E-state index is 12.8. The number of allylic oxidation sites excluding steroid dienone is 1. The molecule has 2 nitrogen and oxygen atoms in total. The largest absolute Gasteiger partial charge is 0.459 e. The van der Waals surface area contributed by atoms with E-state index in [9.17, 15) is 4.79 Å². The van der Waals surface area contributed by atoms with E-state index in [1.807, 2.05) is 13.0 Å². The quantitative estimate of drug-likeness (QED) is 0.344. The number of hydrogen-bond donors (Lipinski definition) is 0. The maximum Gasteiger partial charge on any atom is 0.333 e. The van der Waals surface area contributed by atoms with Crippen molar-refractivity contribution in [2.75, 3.05) is 0 Å². The SMILES string of the molecule is C/C(=C\[C@@H](C)Cc1ccc(-c2ccccc2)cc1)C(=O)O[C@@H]1C[C@H](C)CC[C@H]1C(C)C. The predicted molar refractivity (Wildman–Crippen MR) is 130 cm³/mol. The Balaban J connectivity index is 1.58. The topological polar surface area (TPSA) is 26.3 Å². The van der Waals surface area contributed by atoms with Gasteiger partial charge < -0.3 is 4.74 Å². The Morgan fingerprint density at radius 1 is 1.00 bits per heavy atom.